The van der Waals surface area contributed by atoms with E-state index in [1.807, 2.05) is 26.0 Å². The minimum atomic E-state index is -4.53. The molecule has 0 amide bonds. The van der Waals surface area contributed by atoms with Crippen molar-refractivity contribution >= 4 is 16.9 Å². The van der Waals surface area contributed by atoms with Crippen LogP contribution in [0.1, 0.15) is 48.8 Å². The zero-order chi connectivity index (χ0) is 28.2. The predicted octanol–water partition coefficient (Wildman–Crippen LogP) is 7.46. The third kappa shape index (κ3) is 6.14. The third-order valence-electron chi connectivity index (χ3n) is 5.79. The molecule has 0 spiro atoms. The highest BCUT2D eigenvalue weighted by molar-refractivity contribution is 6.06. The number of pyridine rings is 1. The summed E-state index contributed by atoms with van der Waals surface area (Å²) in [5, 5.41) is 9.92. The number of hydrogen-bond donors (Lipinski definition) is 1. The summed E-state index contributed by atoms with van der Waals surface area (Å²) in [7, 11) is 0. The number of halogens is 3. The van der Waals surface area contributed by atoms with Gasteiger partial charge in [0.2, 0.25) is 5.88 Å². The van der Waals surface area contributed by atoms with Crippen molar-refractivity contribution in [2.24, 2.45) is 0 Å². The smallest absolute Gasteiger partial charge is 0.417 e. The van der Waals surface area contributed by atoms with E-state index in [1.165, 1.54) is 0 Å². The average Bonchev–Trinajstić information content (AvgIpc) is 3.26. The number of alkyl halides is 3. The van der Waals surface area contributed by atoms with Crippen LogP contribution >= 0.6 is 0 Å². The Kier molecular flexibility index (Phi) is 8.10. The maximum Gasteiger partial charge on any atom is 0.417 e. The van der Waals surface area contributed by atoms with Crippen molar-refractivity contribution in [3.63, 3.8) is 0 Å². The first-order valence-corrected chi connectivity index (χ1v) is 12.3. The van der Waals surface area contributed by atoms with Gasteiger partial charge in [-0.3, -0.25) is 0 Å². The van der Waals surface area contributed by atoms with E-state index in [-0.39, 0.29) is 37.1 Å². The van der Waals surface area contributed by atoms with Gasteiger partial charge in [0.25, 0.3) is 0 Å². The van der Waals surface area contributed by atoms with Crippen LogP contribution in [-0.4, -0.2) is 28.6 Å². The van der Waals surface area contributed by atoms with Crippen molar-refractivity contribution in [3.8, 4) is 34.6 Å². The lowest BCUT2D eigenvalue weighted by Crippen LogP contribution is -2.08. The first kappa shape index (κ1) is 27.5. The van der Waals surface area contributed by atoms with E-state index in [9.17, 15) is 23.2 Å². The number of esters is 1. The number of aromatic amines is 1. The average molecular weight is 538 g/mol. The highest BCUT2D eigenvalue weighted by Gasteiger charge is 2.31. The number of H-pyrrole nitrogens is 1. The van der Waals surface area contributed by atoms with Crippen molar-refractivity contribution in [1.29, 1.82) is 5.26 Å². The van der Waals surface area contributed by atoms with Gasteiger partial charge in [0, 0.05) is 35.2 Å². The molecule has 7 nitrogen and oxygen atoms in total. The standard InChI is InChI=1S/C29H26F3N3O4/c1-4-37-28(36)27-21(6-5-15-33)26-22(35-27)12-13-23(39-24-14-9-19(16-34-24)29(30,31)32)25(26)18-7-10-20(11-8-18)38-17(2)3/h7-14,16-17,35H,4-6H2,1-3H3. The maximum absolute atomic E-state index is 13.0. The second-order valence-electron chi connectivity index (χ2n) is 8.89. The zero-order valence-corrected chi connectivity index (χ0v) is 21.6. The Bertz CT molecular complexity index is 1500. The Balaban J connectivity index is 1.91. The maximum atomic E-state index is 13.0. The fourth-order valence-corrected chi connectivity index (χ4v) is 4.21. The first-order chi connectivity index (χ1) is 18.6. The largest absolute Gasteiger partial charge is 0.491 e. The number of carbonyl (C=O) groups is 1. The Morgan fingerprint density at radius 1 is 1.10 bits per heavy atom. The van der Waals surface area contributed by atoms with Crippen LogP contribution in [0, 0.1) is 11.3 Å². The molecule has 10 heteroatoms. The molecule has 0 saturated carbocycles. The van der Waals surface area contributed by atoms with Gasteiger partial charge in [0.05, 0.1) is 24.3 Å². The fourth-order valence-electron chi connectivity index (χ4n) is 4.21. The van der Waals surface area contributed by atoms with Gasteiger partial charge < -0.3 is 19.2 Å². The van der Waals surface area contributed by atoms with E-state index < -0.39 is 17.7 Å². The molecule has 2 aromatic heterocycles. The summed E-state index contributed by atoms with van der Waals surface area (Å²) in [6.07, 6.45) is -3.45. The monoisotopic (exact) mass is 537 g/mol. The highest BCUT2D eigenvalue weighted by atomic mass is 19.4. The molecular weight excluding hydrogens is 511 g/mol. The predicted molar refractivity (Wildman–Crippen MR) is 139 cm³/mol. The lowest BCUT2D eigenvalue weighted by Gasteiger charge is -2.15. The summed E-state index contributed by atoms with van der Waals surface area (Å²) < 4.78 is 56.1. The molecule has 2 aromatic carbocycles. The SMILES string of the molecule is CCOC(=O)c1[nH]c2ccc(Oc3ccc(C(F)(F)F)cn3)c(-c3ccc(OC(C)C)cc3)c2c1CCC#N. The number of carbonyl (C=O) groups excluding carboxylic acids is 1. The van der Waals surface area contributed by atoms with Crippen molar-refractivity contribution in [2.75, 3.05) is 6.61 Å². The molecule has 0 aliphatic heterocycles. The summed E-state index contributed by atoms with van der Waals surface area (Å²) in [6, 6.07) is 14.7. The number of aromatic nitrogens is 2. The molecular formula is C29H26F3N3O4. The van der Waals surface area contributed by atoms with Gasteiger partial charge in [0.1, 0.15) is 17.2 Å². The Labute approximate surface area is 223 Å². The van der Waals surface area contributed by atoms with Gasteiger partial charge in [-0.2, -0.15) is 18.4 Å². The van der Waals surface area contributed by atoms with Crippen LogP contribution < -0.4 is 9.47 Å². The molecule has 0 saturated heterocycles. The van der Waals surface area contributed by atoms with Gasteiger partial charge in [-0.15, -0.1) is 0 Å². The summed E-state index contributed by atoms with van der Waals surface area (Å²) in [6.45, 7) is 5.69. The van der Waals surface area contributed by atoms with Crippen LogP contribution in [0.3, 0.4) is 0 Å². The van der Waals surface area contributed by atoms with Crippen LogP contribution in [-0.2, 0) is 17.3 Å². The zero-order valence-electron chi connectivity index (χ0n) is 21.6. The molecule has 0 unspecified atom stereocenters. The van der Waals surface area contributed by atoms with Gasteiger partial charge in [0.15, 0.2) is 0 Å². The topological polar surface area (TPSA) is 97.2 Å². The lowest BCUT2D eigenvalue weighted by molar-refractivity contribution is -0.137. The molecule has 0 radical (unpaired) electrons. The van der Waals surface area contributed by atoms with E-state index in [2.05, 4.69) is 16.0 Å². The molecule has 2 heterocycles. The van der Waals surface area contributed by atoms with Crippen molar-refractivity contribution in [1.82, 2.24) is 9.97 Å². The van der Waals surface area contributed by atoms with E-state index in [0.29, 0.717) is 45.3 Å². The molecule has 0 aliphatic rings. The van der Waals surface area contributed by atoms with Crippen LogP contribution in [0.25, 0.3) is 22.0 Å². The lowest BCUT2D eigenvalue weighted by atomic mass is 9.95. The second kappa shape index (κ2) is 11.5. The fraction of sp³-hybridized carbons (Fsp3) is 0.276. The number of aryl methyl sites for hydroxylation is 1. The quantitative estimate of drug-likeness (QED) is 0.223. The molecule has 4 rings (SSSR count). The molecule has 0 aliphatic carbocycles. The molecule has 1 N–H and O–H groups in total. The normalized spacial score (nSPS) is 11.4. The number of nitriles is 1. The number of benzene rings is 2. The number of rotatable bonds is 9. The van der Waals surface area contributed by atoms with Gasteiger partial charge in [-0.25, -0.2) is 9.78 Å². The number of ether oxygens (including phenoxy) is 3. The molecule has 0 fully saturated rings. The van der Waals surface area contributed by atoms with Crippen molar-refractivity contribution < 1.29 is 32.2 Å². The summed E-state index contributed by atoms with van der Waals surface area (Å²) in [5.41, 5.74) is 1.79. The Morgan fingerprint density at radius 3 is 2.44 bits per heavy atom. The minimum absolute atomic E-state index is 0.0293. The molecule has 39 heavy (non-hydrogen) atoms. The summed E-state index contributed by atoms with van der Waals surface area (Å²) >= 11 is 0. The Morgan fingerprint density at radius 2 is 1.85 bits per heavy atom. The van der Waals surface area contributed by atoms with Gasteiger partial charge in [-0.05, 0) is 68.7 Å². The summed E-state index contributed by atoms with van der Waals surface area (Å²) in [5.74, 6) is 0.363. The molecule has 202 valence electrons. The third-order valence-corrected chi connectivity index (χ3v) is 5.79. The van der Waals surface area contributed by atoms with Crippen LogP contribution in [0.4, 0.5) is 13.2 Å². The van der Waals surface area contributed by atoms with E-state index in [1.54, 1.807) is 31.2 Å². The molecule has 0 atom stereocenters. The number of nitrogens with one attached hydrogen (secondary N) is 1. The minimum Gasteiger partial charge on any atom is -0.491 e. The highest BCUT2D eigenvalue weighted by Crippen LogP contribution is 2.42. The van der Waals surface area contributed by atoms with E-state index in [0.717, 1.165) is 12.1 Å². The second-order valence-corrected chi connectivity index (χ2v) is 8.89. The number of hydrogen-bond acceptors (Lipinski definition) is 6. The number of nitrogens with zero attached hydrogens (tertiary/aromatic N) is 2. The first-order valence-electron chi connectivity index (χ1n) is 12.3. The van der Waals surface area contributed by atoms with Crippen molar-refractivity contribution in [3.05, 3.63) is 71.5 Å². The Hall–Kier alpha value is -4.52. The molecule has 0 bridgehead atoms. The van der Waals surface area contributed by atoms with Gasteiger partial charge >= 0.3 is 12.1 Å². The van der Waals surface area contributed by atoms with Crippen LogP contribution in [0.5, 0.6) is 17.4 Å². The summed E-state index contributed by atoms with van der Waals surface area (Å²) in [4.78, 5) is 19.8. The number of fused-ring (bicyclic) bond motifs is 1. The van der Waals surface area contributed by atoms with Crippen molar-refractivity contribution in [2.45, 2.75) is 45.9 Å². The van der Waals surface area contributed by atoms with Gasteiger partial charge in [-0.1, -0.05) is 12.1 Å². The van der Waals surface area contributed by atoms with E-state index >= 15 is 0 Å². The molecule has 4 aromatic rings. The van der Waals surface area contributed by atoms with E-state index in [4.69, 9.17) is 14.2 Å². The van der Waals surface area contributed by atoms with Crippen LogP contribution in [0.15, 0.2) is 54.7 Å². The van der Waals surface area contributed by atoms with Crippen LogP contribution in [0.2, 0.25) is 0 Å².